The molecule has 3 aromatic rings. The lowest BCUT2D eigenvalue weighted by Gasteiger charge is -2.15. The van der Waals surface area contributed by atoms with E-state index in [1.807, 2.05) is 0 Å². The second-order valence-electron chi connectivity index (χ2n) is 7.21. The Kier molecular flexibility index (Phi) is 5.96. The zero-order valence-electron chi connectivity index (χ0n) is 18.1. The SMILES string of the molecule is COc1cc(NC2=C(c3ccc([N+](=O)[O-])cc3)C(=O)N(c3cccc(F)c3)C2=O)cc(OC)c1. The van der Waals surface area contributed by atoms with Crippen molar-refractivity contribution < 1.29 is 28.4 Å². The summed E-state index contributed by atoms with van der Waals surface area (Å²) in [7, 11) is 2.94. The molecule has 0 unspecified atom stereocenters. The zero-order valence-corrected chi connectivity index (χ0v) is 18.1. The number of amides is 2. The molecule has 0 bridgehead atoms. The molecule has 0 saturated heterocycles. The first kappa shape index (κ1) is 22.5. The Hall–Kier alpha value is -4.73. The minimum atomic E-state index is -0.717. The predicted octanol–water partition coefficient (Wildman–Crippen LogP) is 4.15. The number of anilines is 2. The fourth-order valence-electron chi connectivity index (χ4n) is 3.54. The van der Waals surface area contributed by atoms with Gasteiger partial charge in [0, 0.05) is 36.0 Å². The Morgan fingerprint density at radius 3 is 2.12 bits per heavy atom. The third-order valence-corrected chi connectivity index (χ3v) is 5.14. The van der Waals surface area contributed by atoms with Crippen molar-refractivity contribution in [2.45, 2.75) is 0 Å². The molecule has 0 aliphatic carbocycles. The number of hydrogen-bond acceptors (Lipinski definition) is 7. The van der Waals surface area contributed by atoms with E-state index in [-0.39, 0.29) is 28.2 Å². The van der Waals surface area contributed by atoms with E-state index in [0.29, 0.717) is 17.2 Å². The van der Waals surface area contributed by atoms with E-state index in [2.05, 4.69) is 5.32 Å². The number of nitro groups is 1. The van der Waals surface area contributed by atoms with Crippen molar-refractivity contribution in [2.75, 3.05) is 24.4 Å². The lowest BCUT2D eigenvalue weighted by molar-refractivity contribution is -0.384. The van der Waals surface area contributed by atoms with Crippen LogP contribution < -0.4 is 19.7 Å². The van der Waals surface area contributed by atoms with Crippen LogP contribution in [0, 0.1) is 15.9 Å². The van der Waals surface area contributed by atoms with Crippen LogP contribution in [0.1, 0.15) is 5.56 Å². The van der Waals surface area contributed by atoms with E-state index < -0.39 is 22.6 Å². The smallest absolute Gasteiger partial charge is 0.282 e. The summed E-state index contributed by atoms with van der Waals surface area (Å²) >= 11 is 0. The summed E-state index contributed by atoms with van der Waals surface area (Å²) in [5, 5.41) is 14.0. The highest BCUT2D eigenvalue weighted by Gasteiger charge is 2.40. The van der Waals surface area contributed by atoms with Gasteiger partial charge >= 0.3 is 0 Å². The van der Waals surface area contributed by atoms with Crippen LogP contribution in [-0.4, -0.2) is 31.0 Å². The van der Waals surface area contributed by atoms with E-state index in [1.165, 1.54) is 56.7 Å². The maximum atomic E-state index is 13.9. The number of nitrogens with zero attached hydrogens (tertiary/aromatic N) is 2. The molecule has 9 nitrogen and oxygen atoms in total. The number of rotatable bonds is 7. The molecule has 0 spiro atoms. The summed E-state index contributed by atoms with van der Waals surface area (Å²) < 4.78 is 24.4. The first-order valence-corrected chi connectivity index (χ1v) is 9.96. The van der Waals surface area contributed by atoms with Crippen LogP contribution in [0.4, 0.5) is 21.5 Å². The van der Waals surface area contributed by atoms with Crippen molar-refractivity contribution in [1.82, 2.24) is 0 Å². The van der Waals surface area contributed by atoms with Crippen LogP contribution in [0.5, 0.6) is 11.5 Å². The Morgan fingerprint density at radius 2 is 1.56 bits per heavy atom. The van der Waals surface area contributed by atoms with Gasteiger partial charge in [0.05, 0.1) is 30.4 Å². The summed E-state index contributed by atoms with van der Waals surface area (Å²) in [6, 6.07) is 15.1. The summed E-state index contributed by atoms with van der Waals surface area (Å²) in [5.74, 6) is -1.15. The highest BCUT2D eigenvalue weighted by molar-refractivity contribution is 6.46. The number of imide groups is 1. The van der Waals surface area contributed by atoms with Crippen molar-refractivity contribution in [1.29, 1.82) is 0 Å². The van der Waals surface area contributed by atoms with Gasteiger partial charge in [-0.15, -0.1) is 0 Å². The molecule has 0 fully saturated rings. The Balaban J connectivity index is 1.84. The number of halogens is 1. The van der Waals surface area contributed by atoms with Crippen LogP contribution >= 0.6 is 0 Å². The number of nitro benzene ring substituents is 1. The third-order valence-electron chi connectivity index (χ3n) is 5.14. The molecule has 2 amide bonds. The van der Waals surface area contributed by atoms with E-state index in [1.54, 1.807) is 18.2 Å². The summed E-state index contributed by atoms with van der Waals surface area (Å²) in [4.78, 5) is 38.1. The average molecular weight is 463 g/mol. The molecule has 172 valence electrons. The van der Waals surface area contributed by atoms with Gasteiger partial charge < -0.3 is 14.8 Å². The Morgan fingerprint density at radius 1 is 0.912 bits per heavy atom. The fraction of sp³-hybridized carbons (Fsp3) is 0.0833. The molecule has 3 aromatic carbocycles. The van der Waals surface area contributed by atoms with Crippen molar-refractivity contribution in [3.05, 3.63) is 93.9 Å². The van der Waals surface area contributed by atoms with Gasteiger partial charge in [-0.1, -0.05) is 6.07 Å². The van der Waals surface area contributed by atoms with Gasteiger partial charge in [-0.2, -0.15) is 0 Å². The van der Waals surface area contributed by atoms with Gasteiger partial charge in [-0.05, 0) is 35.9 Å². The number of nitrogens with one attached hydrogen (secondary N) is 1. The van der Waals surface area contributed by atoms with Crippen molar-refractivity contribution in [2.24, 2.45) is 0 Å². The molecule has 0 atom stereocenters. The molecule has 1 heterocycles. The molecule has 1 aliphatic heterocycles. The molecule has 1 aliphatic rings. The maximum absolute atomic E-state index is 13.9. The highest BCUT2D eigenvalue weighted by atomic mass is 19.1. The van der Waals surface area contributed by atoms with E-state index in [4.69, 9.17) is 9.47 Å². The van der Waals surface area contributed by atoms with Crippen LogP contribution in [-0.2, 0) is 9.59 Å². The molecule has 0 radical (unpaired) electrons. The standard InChI is InChI=1S/C24H18FN3O6/c1-33-19-11-16(12-20(13-19)34-2)26-22-21(14-6-8-17(9-7-14)28(31)32)23(29)27(24(22)30)18-5-3-4-15(25)10-18/h3-13,26H,1-2H3. The second-order valence-corrected chi connectivity index (χ2v) is 7.21. The molecule has 0 aromatic heterocycles. The first-order chi connectivity index (χ1) is 16.3. The number of methoxy groups -OCH3 is 2. The number of benzene rings is 3. The predicted molar refractivity (Wildman–Crippen MR) is 122 cm³/mol. The van der Waals surface area contributed by atoms with Crippen molar-refractivity contribution in [3.8, 4) is 11.5 Å². The normalized spacial score (nSPS) is 13.3. The molecule has 34 heavy (non-hydrogen) atoms. The topological polar surface area (TPSA) is 111 Å². The van der Waals surface area contributed by atoms with E-state index >= 15 is 0 Å². The number of ether oxygens (including phenoxy) is 2. The zero-order chi connectivity index (χ0) is 24.4. The molecule has 10 heteroatoms. The monoisotopic (exact) mass is 463 g/mol. The molecule has 1 N–H and O–H groups in total. The molecular formula is C24H18FN3O6. The summed E-state index contributed by atoms with van der Waals surface area (Å²) in [6.07, 6.45) is 0. The average Bonchev–Trinajstić information content (AvgIpc) is 3.07. The molecule has 0 saturated carbocycles. The lowest BCUT2D eigenvalue weighted by atomic mass is 10.0. The third kappa shape index (κ3) is 4.16. The fourth-order valence-corrected chi connectivity index (χ4v) is 3.54. The van der Waals surface area contributed by atoms with Gasteiger partial charge in [-0.3, -0.25) is 19.7 Å². The van der Waals surface area contributed by atoms with Crippen molar-refractivity contribution in [3.63, 3.8) is 0 Å². The maximum Gasteiger partial charge on any atom is 0.282 e. The largest absolute Gasteiger partial charge is 0.497 e. The van der Waals surface area contributed by atoms with Gasteiger partial charge in [0.15, 0.2) is 0 Å². The molecule has 4 rings (SSSR count). The van der Waals surface area contributed by atoms with Crippen LogP contribution in [0.15, 0.2) is 72.4 Å². The number of carbonyl (C=O) groups excluding carboxylic acids is 2. The van der Waals surface area contributed by atoms with E-state index in [9.17, 15) is 24.1 Å². The van der Waals surface area contributed by atoms with E-state index in [0.717, 1.165) is 11.0 Å². The van der Waals surface area contributed by atoms with Crippen LogP contribution in [0.2, 0.25) is 0 Å². The quantitative estimate of drug-likeness (QED) is 0.318. The van der Waals surface area contributed by atoms with Gasteiger partial charge in [-0.25, -0.2) is 9.29 Å². The highest BCUT2D eigenvalue weighted by Crippen LogP contribution is 2.36. The number of hydrogen-bond donors (Lipinski definition) is 1. The van der Waals surface area contributed by atoms with Crippen molar-refractivity contribution >= 4 is 34.4 Å². The van der Waals surface area contributed by atoms with Gasteiger partial charge in [0.1, 0.15) is 23.0 Å². The van der Waals surface area contributed by atoms with Crippen LogP contribution in [0.25, 0.3) is 5.57 Å². The van der Waals surface area contributed by atoms with Gasteiger partial charge in [0.2, 0.25) is 0 Å². The lowest BCUT2D eigenvalue weighted by Crippen LogP contribution is -2.32. The minimum Gasteiger partial charge on any atom is -0.497 e. The Bertz CT molecular complexity index is 1310. The van der Waals surface area contributed by atoms with Gasteiger partial charge in [0.25, 0.3) is 17.5 Å². The molecular weight excluding hydrogens is 445 g/mol. The van der Waals surface area contributed by atoms with Crippen LogP contribution in [0.3, 0.4) is 0 Å². The second kappa shape index (κ2) is 9.02. The number of carbonyl (C=O) groups is 2. The summed E-state index contributed by atoms with van der Waals surface area (Å²) in [6.45, 7) is 0. The number of non-ortho nitro benzene ring substituents is 1. The first-order valence-electron chi connectivity index (χ1n) is 9.96. The Labute approximate surface area is 193 Å². The minimum absolute atomic E-state index is 0.0223. The summed E-state index contributed by atoms with van der Waals surface area (Å²) in [5.41, 5.74) is 0.446.